The molecule has 0 unspecified atom stereocenters. The Morgan fingerprint density at radius 3 is 2.94 bits per heavy atom. The lowest BCUT2D eigenvalue weighted by Gasteiger charge is -2.06. The van der Waals surface area contributed by atoms with E-state index in [1.54, 1.807) is 0 Å². The molecular weight excluding hydrogens is 210 g/mol. The van der Waals surface area contributed by atoms with E-state index in [9.17, 15) is 0 Å². The molecule has 0 amide bonds. The zero-order valence-electron chi connectivity index (χ0n) is 10.5. The van der Waals surface area contributed by atoms with Crippen LogP contribution < -0.4 is 5.32 Å². The molecule has 1 aromatic carbocycles. The van der Waals surface area contributed by atoms with Crippen molar-refractivity contribution in [1.82, 2.24) is 14.9 Å². The van der Waals surface area contributed by atoms with Crippen LogP contribution in [0.25, 0.3) is 0 Å². The number of imidazole rings is 1. The van der Waals surface area contributed by atoms with Crippen LogP contribution in [0.5, 0.6) is 0 Å². The minimum atomic E-state index is 0.923. The van der Waals surface area contributed by atoms with E-state index in [2.05, 4.69) is 46.1 Å². The number of rotatable bonds is 5. The van der Waals surface area contributed by atoms with E-state index in [1.807, 2.05) is 19.4 Å². The van der Waals surface area contributed by atoms with Gasteiger partial charge in [-0.2, -0.15) is 0 Å². The van der Waals surface area contributed by atoms with Gasteiger partial charge < -0.3 is 9.88 Å². The summed E-state index contributed by atoms with van der Waals surface area (Å²) in [7, 11) is 2.03. The molecule has 0 aliphatic carbocycles. The molecule has 0 atom stereocenters. The Labute approximate surface area is 103 Å². The summed E-state index contributed by atoms with van der Waals surface area (Å²) in [5.41, 5.74) is 2.65. The first-order valence-electron chi connectivity index (χ1n) is 5.98. The largest absolute Gasteiger partial charge is 0.338 e. The summed E-state index contributed by atoms with van der Waals surface area (Å²) in [6.07, 6.45) is 4.79. The monoisotopic (exact) mass is 229 g/mol. The molecule has 0 fully saturated rings. The molecule has 0 aliphatic rings. The average Bonchev–Trinajstić information content (AvgIpc) is 2.71. The van der Waals surface area contributed by atoms with Crippen LogP contribution in [-0.4, -0.2) is 16.1 Å². The van der Waals surface area contributed by atoms with Crippen molar-refractivity contribution in [3.05, 3.63) is 53.6 Å². The van der Waals surface area contributed by atoms with Crippen LogP contribution in [0.4, 0.5) is 0 Å². The molecule has 2 aromatic rings. The van der Waals surface area contributed by atoms with E-state index in [-0.39, 0.29) is 0 Å². The molecule has 0 aliphatic heterocycles. The van der Waals surface area contributed by atoms with Gasteiger partial charge in [0.2, 0.25) is 0 Å². The zero-order valence-corrected chi connectivity index (χ0v) is 10.5. The van der Waals surface area contributed by atoms with E-state index >= 15 is 0 Å². The first-order valence-corrected chi connectivity index (χ1v) is 5.98. The summed E-state index contributed by atoms with van der Waals surface area (Å²) >= 11 is 0. The Bertz CT molecular complexity index is 474. The Morgan fingerprint density at radius 1 is 1.35 bits per heavy atom. The summed E-state index contributed by atoms with van der Waals surface area (Å²) in [6, 6.07) is 8.59. The lowest BCUT2D eigenvalue weighted by Crippen LogP contribution is -2.18. The highest BCUT2D eigenvalue weighted by atomic mass is 15.0. The van der Waals surface area contributed by atoms with Gasteiger partial charge in [0.05, 0.1) is 0 Å². The zero-order chi connectivity index (χ0) is 12.1. The van der Waals surface area contributed by atoms with Crippen molar-refractivity contribution in [2.75, 3.05) is 6.54 Å². The van der Waals surface area contributed by atoms with Gasteiger partial charge in [-0.3, -0.25) is 0 Å². The van der Waals surface area contributed by atoms with Crippen LogP contribution in [0.3, 0.4) is 0 Å². The summed E-state index contributed by atoms with van der Waals surface area (Å²) in [5.74, 6) is 1.13. The van der Waals surface area contributed by atoms with Crippen molar-refractivity contribution in [2.45, 2.75) is 19.9 Å². The topological polar surface area (TPSA) is 29.9 Å². The molecule has 0 saturated carbocycles. The third-order valence-electron chi connectivity index (χ3n) is 2.86. The standard InChI is InChI=1S/C14H19N3/c1-12-4-3-5-13(10-12)11-15-7-6-14-16-8-9-17(14)2/h3-5,8-10,15H,6-7,11H2,1-2H3. The molecule has 0 spiro atoms. The molecule has 90 valence electrons. The van der Waals surface area contributed by atoms with Crippen molar-refractivity contribution in [3.63, 3.8) is 0 Å². The van der Waals surface area contributed by atoms with Gasteiger partial charge in [-0.05, 0) is 12.5 Å². The van der Waals surface area contributed by atoms with Crippen LogP contribution in [0.1, 0.15) is 17.0 Å². The third-order valence-corrected chi connectivity index (χ3v) is 2.86. The van der Waals surface area contributed by atoms with Gasteiger partial charge in [0.15, 0.2) is 0 Å². The molecule has 17 heavy (non-hydrogen) atoms. The molecule has 0 bridgehead atoms. The predicted molar refractivity (Wildman–Crippen MR) is 69.8 cm³/mol. The van der Waals surface area contributed by atoms with Crippen LogP contribution in [-0.2, 0) is 20.0 Å². The maximum atomic E-state index is 4.30. The van der Waals surface area contributed by atoms with E-state index in [1.165, 1.54) is 11.1 Å². The average molecular weight is 229 g/mol. The molecule has 1 aromatic heterocycles. The highest BCUT2D eigenvalue weighted by Gasteiger charge is 1.98. The van der Waals surface area contributed by atoms with E-state index in [4.69, 9.17) is 0 Å². The fourth-order valence-electron chi connectivity index (χ4n) is 1.89. The second-order valence-corrected chi connectivity index (χ2v) is 4.37. The fourth-order valence-corrected chi connectivity index (χ4v) is 1.89. The molecule has 1 heterocycles. The normalized spacial score (nSPS) is 10.7. The van der Waals surface area contributed by atoms with Gasteiger partial charge in [0.1, 0.15) is 5.82 Å². The predicted octanol–water partition coefficient (Wildman–Crippen LogP) is 2.06. The third kappa shape index (κ3) is 3.43. The molecule has 1 N–H and O–H groups in total. The summed E-state index contributed by atoms with van der Waals surface area (Å²) < 4.78 is 2.06. The van der Waals surface area contributed by atoms with Gasteiger partial charge in [0.25, 0.3) is 0 Å². The van der Waals surface area contributed by atoms with Crippen LogP contribution in [0.15, 0.2) is 36.7 Å². The maximum absolute atomic E-state index is 4.30. The summed E-state index contributed by atoms with van der Waals surface area (Å²) in [4.78, 5) is 4.30. The molecule has 2 rings (SSSR count). The number of nitrogens with zero attached hydrogens (tertiary/aromatic N) is 2. The quantitative estimate of drug-likeness (QED) is 0.795. The lowest BCUT2D eigenvalue weighted by atomic mass is 10.1. The van der Waals surface area contributed by atoms with Gasteiger partial charge in [-0.1, -0.05) is 29.8 Å². The fraction of sp³-hybridized carbons (Fsp3) is 0.357. The Morgan fingerprint density at radius 2 is 2.24 bits per heavy atom. The van der Waals surface area contributed by atoms with Gasteiger partial charge in [-0.25, -0.2) is 4.98 Å². The minimum Gasteiger partial charge on any atom is -0.338 e. The number of hydrogen-bond acceptors (Lipinski definition) is 2. The molecule has 0 radical (unpaired) electrons. The van der Waals surface area contributed by atoms with Crippen LogP contribution in [0.2, 0.25) is 0 Å². The number of aromatic nitrogens is 2. The number of nitrogens with one attached hydrogen (secondary N) is 1. The second-order valence-electron chi connectivity index (χ2n) is 4.37. The summed E-state index contributed by atoms with van der Waals surface area (Å²) in [5, 5.41) is 3.44. The minimum absolute atomic E-state index is 0.923. The van der Waals surface area contributed by atoms with Crippen molar-refractivity contribution >= 4 is 0 Å². The van der Waals surface area contributed by atoms with Gasteiger partial charge >= 0.3 is 0 Å². The van der Waals surface area contributed by atoms with Crippen LogP contribution >= 0.6 is 0 Å². The number of hydrogen-bond donors (Lipinski definition) is 1. The van der Waals surface area contributed by atoms with Crippen molar-refractivity contribution < 1.29 is 0 Å². The smallest absolute Gasteiger partial charge is 0.109 e. The Kier molecular flexibility index (Phi) is 3.94. The van der Waals surface area contributed by atoms with E-state index < -0.39 is 0 Å². The van der Waals surface area contributed by atoms with Crippen molar-refractivity contribution in [2.24, 2.45) is 7.05 Å². The van der Waals surface area contributed by atoms with Gasteiger partial charge in [-0.15, -0.1) is 0 Å². The van der Waals surface area contributed by atoms with E-state index in [0.717, 1.165) is 25.3 Å². The molecule has 3 nitrogen and oxygen atoms in total. The van der Waals surface area contributed by atoms with Crippen molar-refractivity contribution in [1.29, 1.82) is 0 Å². The molecule has 0 saturated heterocycles. The first-order chi connectivity index (χ1) is 8.25. The first kappa shape index (κ1) is 11.9. The van der Waals surface area contributed by atoms with Crippen LogP contribution in [0, 0.1) is 6.92 Å². The highest BCUT2D eigenvalue weighted by Crippen LogP contribution is 2.03. The lowest BCUT2D eigenvalue weighted by molar-refractivity contribution is 0.655. The highest BCUT2D eigenvalue weighted by molar-refractivity contribution is 5.21. The van der Waals surface area contributed by atoms with E-state index in [0.29, 0.717) is 0 Å². The Hall–Kier alpha value is -1.61. The Balaban J connectivity index is 1.75. The maximum Gasteiger partial charge on any atom is 0.109 e. The molecular formula is C14H19N3. The second kappa shape index (κ2) is 5.64. The SMILES string of the molecule is Cc1cccc(CNCCc2nccn2C)c1. The number of aryl methyl sites for hydroxylation is 2. The number of benzene rings is 1. The molecule has 3 heteroatoms. The van der Waals surface area contributed by atoms with Gasteiger partial charge in [0, 0.05) is 39.0 Å². The summed E-state index contributed by atoms with van der Waals surface area (Å²) in [6.45, 7) is 4.00. The van der Waals surface area contributed by atoms with Crippen molar-refractivity contribution in [3.8, 4) is 0 Å².